The number of benzene rings is 1. The van der Waals surface area contributed by atoms with E-state index < -0.39 is 0 Å². The number of nitrogens with two attached hydrogens (primary N) is 1. The van der Waals surface area contributed by atoms with E-state index in [1.165, 1.54) is 24.0 Å². The highest BCUT2D eigenvalue weighted by atomic mass is 15.0. The van der Waals surface area contributed by atoms with Crippen molar-refractivity contribution in [3.63, 3.8) is 0 Å². The molecule has 3 rings (SSSR count). The summed E-state index contributed by atoms with van der Waals surface area (Å²) in [6.45, 7) is 0.666. The first-order valence-corrected chi connectivity index (χ1v) is 7.08. The molecule has 2 aliphatic carbocycles. The molecule has 3 N–H and O–H groups in total. The molecule has 0 aromatic heterocycles. The largest absolute Gasteiger partial charge is 0.329 e. The van der Waals surface area contributed by atoms with Crippen molar-refractivity contribution in [3.05, 3.63) is 47.5 Å². The smallest absolute Gasteiger partial charge is 0.0446 e. The lowest BCUT2D eigenvalue weighted by atomic mass is 10.0. The maximum absolute atomic E-state index is 5.91. The van der Waals surface area contributed by atoms with Crippen molar-refractivity contribution in [3.8, 4) is 0 Å². The summed E-state index contributed by atoms with van der Waals surface area (Å²) in [5.41, 5.74) is 8.74. The molecule has 96 valence electrons. The molecular formula is C16H22N2. The van der Waals surface area contributed by atoms with Gasteiger partial charge in [0.15, 0.2) is 0 Å². The van der Waals surface area contributed by atoms with Crippen molar-refractivity contribution in [1.29, 1.82) is 0 Å². The van der Waals surface area contributed by atoms with Crippen LogP contribution >= 0.6 is 0 Å². The van der Waals surface area contributed by atoms with Crippen LogP contribution < -0.4 is 11.1 Å². The zero-order valence-electron chi connectivity index (χ0n) is 10.8. The minimum atomic E-state index is 0.295. The maximum Gasteiger partial charge on any atom is 0.0446 e. The first-order chi connectivity index (χ1) is 8.86. The van der Waals surface area contributed by atoms with Crippen molar-refractivity contribution < 1.29 is 0 Å². The van der Waals surface area contributed by atoms with Crippen molar-refractivity contribution in [2.45, 2.75) is 43.7 Å². The SMILES string of the molecule is NCC(NC1CC=CC1)c1ccc(C2CC2)cc1. The van der Waals surface area contributed by atoms with Gasteiger partial charge in [0.1, 0.15) is 0 Å². The number of nitrogens with one attached hydrogen (secondary N) is 1. The van der Waals surface area contributed by atoms with E-state index in [1.807, 2.05) is 0 Å². The van der Waals surface area contributed by atoms with E-state index in [4.69, 9.17) is 5.73 Å². The number of hydrogen-bond donors (Lipinski definition) is 2. The van der Waals surface area contributed by atoms with Crippen LogP contribution in [0.4, 0.5) is 0 Å². The lowest BCUT2D eigenvalue weighted by Crippen LogP contribution is -2.35. The molecule has 18 heavy (non-hydrogen) atoms. The molecule has 2 heteroatoms. The molecule has 1 saturated carbocycles. The zero-order valence-corrected chi connectivity index (χ0v) is 10.8. The van der Waals surface area contributed by atoms with Crippen LogP contribution in [0.5, 0.6) is 0 Å². The summed E-state index contributed by atoms with van der Waals surface area (Å²) in [6, 6.07) is 9.93. The molecule has 0 radical (unpaired) electrons. The second-order valence-electron chi connectivity index (χ2n) is 5.54. The zero-order chi connectivity index (χ0) is 12.4. The molecular weight excluding hydrogens is 220 g/mol. The van der Waals surface area contributed by atoms with Gasteiger partial charge in [-0.05, 0) is 42.7 Å². The second-order valence-corrected chi connectivity index (χ2v) is 5.54. The summed E-state index contributed by atoms with van der Waals surface area (Å²) in [5.74, 6) is 0.836. The van der Waals surface area contributed by atoms with E-state index in [9.17, 15) is 0 Å². The molecule has 0 heterocycles. The fourth-order valence-corrected chi connectivity index (χ4v) is 2.76. The van der Waals surface area contributed by atoms with Crippen LogP contribution in [-0.2, 0) is 0 Å². The molecule has 1 aromatic rings. The van der Waals surface area contributed by atoms with E-state index in [-0.39, 0.29) is 0 Å². The molecule has 0 aliphatic heterocycles. The summed E-state index contributed by atoms with van der Waals surface area (Å²) in [5, 5.41) is 3.66. The van der Waals surface area contributed by atoms with Crippen LogP contribution in [0.1, 0.15) is 48.8 Å². The monoisotopic (exact) mass is 242 g/mol. The first-order valence-electron chi connectivity index (χ1n) is 7.08. The molecule has 1 fully saturated rings. The van der Waals surface area contributed by atoms with Crippen molar-refractivity contribution >= 4 is 0 Å². The minimum absolute atomic E-state index is 0.295. The summed E-state index contributed by atoms with van der Waals surface area (Å²) >= 11 is 0. The average Bonchev–Trinajstić information content (AvgIpc) is 3.14. The Hall–Kier alpha value is -1.12. The summed E-state index contributed by atoms with van der Waals surface area (Å²) in [7, 11) is 0. The van der Waals surface area contributed by atoms with Crippen LogP contribution in [-0.4, -0.2) is 12.6 Å². The van der Waals surface area contributed by atoms with Crippen LogP contribution in [0.3, 0.4) is 0 Å². The molecule has 1 unspecified atom stereocenters. The van der Waals surface area contributed by atoms with Crippen LogP contribution in [0.25, 0.3) is 0 Å². The molecule has 0 bridgehead atoms. The lowest BCUT2D eigenvalue weighted by molar-refractivity contribution is 0.453. The van der Waals surface area contributed by atoms with Gasteiger partial charge in [0.2, 0.25) is 0 Å². The third-order valence-electron chi connectivity index (χ3n) is 4.07. The highest BCUT2D eigenvalue weighted by Gasteiger charge is 2.23. The quantitative estimate of drug-likeness (QED) is 0.779. The van der Waals surface area contributed by atoms with E-state index in [0.717, 1.165) is 18.8 Å². The first kappa shape index (κ1) is 11.9. The third-order valence-corrected chi connectivity index (χ3v) is 4.07. The van der Waals surface area contributed by atoms with Gasteiger partial charge >= 0.3 is 0 Å². The molecule has 2 aliphatic rings. The number of hydrogen-bond acceptors (Lipinski definition) is 2. The van der Waals surface area contributed by atoms with Gasteiger partial charge in [-0.25, -0.2) is 0 Å². The predicted octanol–water partition coefficient (Wildman–Crippen LogP) is 2.87. The van der Waals surface area contributed by atoms with Crippen LogP contribution in [0.2, 0.25) is 0 Å². The van der Waals surface area contributed by atoms with Crippen LogP contribution in [0.15, 0.2) is 36.4 Å². The predicted molar refractivity (Wildman–Crippen MR) is 75.5 cm³/mol. The Morgan fingerprint density at radius 3 is 2.33 bits per heavy atom. The Morgan fingerprint density at radius 1 is 1.11 bits per heavy atom. The normalized spacial score (nSPS) is 21.4. The van der Waals surface area contributed by atoms with Gasteiger partial charge in [0.25, 0.3) is 0 Å². The van der Waals surface area contributed by atoms with Gasteiger partial charge in [-0.3, -0.25) is 0 Å². The highest BCUT2D eigenvalue weighted by Crippen LogP contribution is 2.40. The number of rotatable bonds is 5. The van der Waals surface area contributed by atoms with Gasteiger partial charge in [0.05, 0.1) is 0 Å². The van der Waals surface area contributed by atoms with E-state index in [2.05, 4.69) is 41.7 Å². The van der Waals surface area contributed by atoms with E-state index >= 15 is 0 Å². The Bertz CT molecular complexity index is 409. The Balaban J connectivity index is 1.65. The van der Waals surface area contributed by atoms with Gasteiger partial charge in [0, 0.05) is 18.6 Å². The van der Waals surface area contributed by atoms with Crippen molar-refractivity contribution in [2.75, 3.05) is 6.54 Å². The van der Waals surface area contributed by atoms with Crippen molar-refractivity contribution in [2.24, 2.45) is 5.73 Å². The molecule has 1 aromatic carbocycles. The molecule has 0 saturated heterocycles. The van der Waals surface area contributed by atoms with E-state index in [0.29, 0.717) is 18.6 Å². The maximum atomic E-state index is 5.91. The lowest BCUT2D eigenvalue weighted by Gasteiger charge is -2.22. The molecule has 0 spiro atoms. The highest BCUT2D eigenvalue weighted by molar-refractivity contribution is 5.30. The van der Waals surface area contributed by atoms with Crippen molar-refractivity contribution in [1.82, 2.24) is 5.32 Å². The fourth-order valence-electron chi connectivity index (χ4n) is 2.76. The summed E-state index contributed by atoms with van der Waals surface area (Å²) in [4.78, 5) is 0. The average molecular weight is 242 g/mol. The van der Waals surface area contributed by atoms with Gasteiger partial charge < -0.3 is 11.1 Å². The van der Waals surface area contributed by atoms with Gasteiger partial charge in [-0.2, -0.15) is 0 Å². The molecule has 1 atom stereocenters. The minimum Gasteiger partial charge on any atom is -0.329 e. The fraction of sp³-hybridized carbons (Fsp3) is 0.500. The third kappa shape index (κ3) is 2.65. The molecule has 0 amide bonds. The topological polar surface area (TPSA) is 38.0 Å². The Morgan fingerprint density at radius 2 is 1.78 bits per heavy atom. The Kier molecular flexibility index (Phi) is 3.48. The van der Waals surface area contributed by atoms with Crippen LogP contribution in [0, 0.1) is 0 Å². The summed E-state index contributed by atoms with van der Waals surface area (Å²) < 4.78 is 0. The standard InChI is InChI=1S/C16H22N2/c17-11-16(18-15-3-1-2-4-15)14-9-7-13(8-10-14)12-5-6-12/h1-2,7-10,12,15-16,18H,3-6,11,17H2. The Labute approximate surface area is 109 Å². The summed E-state index contributed by atoms with van der Waals surface area (Å²) in [6.07, 6.45) is 9.51. The van der Waals surface area contributed by atoms with E-state index in [1.54, 1.807) is 0 Å². The van der Waals surface area contributed by atoms with Gasteiger partial charge in [-0.15, -0.1) is 0 Å². The molecule has 2 nitrogen and oxygen atoms in total. The van der Waals surface area contributed by atoms with Gasteiger partial charge in [-0.1, -0.05) is 36.4 Å². The second kappa shape index (κ2) is 5.25.